The number of amides is 2. The Hall–Kier alpha value is -3.97. The number of H-pyrrole nitrogens is 1. The minimum atomic E-state index is -0.760. The maximum atomic E-state index is 14.4. The van der Waals surface area contributed by atoms with Crippen LogP contribution in [0, 0.1) is 5.82 Å². The number of fused-ring (bicyclic) bond motifs is 2. The Balaban J connectivity index is 1.68. The first-order chi connectivity index (χ1) is 16.6. The van der Waals surface area contributed by atoms with Crippen molar-refractivity contribution in [1.82, 2.24) is 9.88 Å². The summed E-state index contributed by atoms with van der Waals surface area (Å²) in [6, 6.07) is 20.3. The monoisotopic (exact) mass is 457 g/mol. The average molecular weight is 458 g/mol. The second kappa shape index (κ2) is 9.11. The molecule has 34 heavy (non-hydrogen) atoms. The molecule has 2 amide bonds. The molecule has 0 bridgehead atoms. The largest absolute Gasteiger partial charge is 0.383 e. The van der Waals surface area contributed by atoms with E-state index in [1.54, 1.807) is 42.3 Å². The number of para-hydroxylation sites is 2. The molecule has 3 aromatic carbocycles. The molecular weight excluding hydrogens is 433 g/mol. The molecular formula is C27H24FN3O3. The van der Waals surface area contributed by atoms with Crippen LogP contribution in [0.15, 0.2) is 79.0 Å². The maximum absolute atomic E-state index is 14.4. The van der Waals surface area contributed by atoms with Crippen LogP contribution in [0.4, 0.5) is 10.1 Å². The van der Waals surface area contributed by atoms with Crippen molar-refractivity contribution >= 4 is 28.4 Å². The molecule has 0 fully saturated rings. The molecule has 4 aromatic rings. The number of carbonyl (C=O) groups is 2. The molecule has 6 nitrogen and oxygen atoms in total. The fourth-order valence-electron chi connectivity index (χ4n) is 4.77. The van der Waals surface area contributed by atoms with Gasteiger partial charge < -0.3 is 19.9 Å². The molecule has 2 heterocycles. The van der Waals surface area contributed by atoms with Crippen molar-refractivity contribution in [3.63, 3.8) is 0 Å². The van der Waals surface area contributed by atoms with Crippen molar-refractivity contribution in [3.05, 3.63) is 102 Å². The lowest BCUT2D eigenvalue weighted by atomic mass is 9.79. The molecule has 2 atom stereocenters. The van der Waals surface area contributed by atoms with Gasteiger partial charge in [0.05, 0.1) is 24.3 Å². The summed E-state index contributed by atoms with van der Waals surface area (Å²) in [4.78, 5) is 32.4. The van der Waals surface area contributed by atoms with Crippen molar-refractivity contribution in [2.75, 3.05) is 25.6 Å². The molecule has 0 spiro atoms. The summed E-state index contributed by atoms with van der Waals surface area (Å²) in [7, 11) is 1.57. The number of hydrogen-bond donors (Lipinski definition) is 2. The first-order valence-electron chi connectivity index (χ1n) is 11.1. The predicted octanol–water partition coefficient (Wildman–Crippen LogP) is 4.87. The van der Waals surface area contributed by atoms with E-state index < -0.39 is 17.8 Å². The summed E-state index contributed by atoms with van der Waals surface area (Å²) >= 11 is 0. The second-order valence-corrected chi connectivity index (χ2v) is 8.26. The number of halogens is 1. The van der Waals surface area contributed by atoms with Gasteiger partial charge in [-0.05, 0) is 29.8 Å². The van der Waals surface area contributed by atoms with Gasteiger partial charge in [-0.25, -0.2) is 4.39 Å². The molecule has 0 saturated heterocycles. The zero-order valence-electron chi connectivity index (χ0n) is 18.6. The van der Waals surface area contributed by atoms with E-state index in [-0.39, 0.29) is 17.5 Å². The molecule has 0 saturated carbocycles. The van der Waals surface area contributed by atoms with Crippen LogP contribution in [-0.2, 0) is 9.53 Å². The van der Waals surface area contributed by atoms with Crippen molar-refractivity contribution in [2.24, 2.45) is 0 Å². The minimum absolute atomic E-state index is 0.1000. The maximum Gasteiger partial charge on any atom is 0.254 e. The number of anilines is 1. The lowest BCUT2D eigenvalue weighted by Gasteiger charge is -2.41. The number of carbonyl (C=O) groups excluding carboxylic acids is 2. The number of ether oxygens (including phenoxy) is 1. The molecule has 5 rings (SSSR count). The summed E-state index contributed by atoms with van der Waals surface area (Å²) in [5, 5.41) is 3.68. The van der Waals surface area contributed by atoms with Crippen LogP contribution in [0.2, 0.25) is 0 Å². The zero-order valence-corrected chi connectivity index (χ0v) is 18.6. The molecule has 0 radical (unpaired) electrons. The highest BCUT2D eigenvalue weighted by Gasteiger charge is 2.44. The van der Waals surface area contributed by atoms with Crippen molar-refractivity contribution in [1.29, 1.82) is 0 Å². The van der Waals surface area contributed by atoms with Gasteiger partial charge in [0.2, 0.25) is 5.91 Å². The Bertz CT molecular complexity index is 1370. The van der Waals surface area contributed by atoms with E-state index in [2.05, 4.69) is 10.3 Å². The summed E-state index contributed by atoms with van der Waals surface area (Å²) in [6.07, 6.45) is 1.85. The SMILES string of the molecule is COCCN1C(=O)c2ccccc2C(C(=O)Nc2ccccc2F)C1c1c[nH]c2ccccc12. The fraction of sp³-hybridized carbons (Fsp3) is 0.185. The number of hydrogen-bond acceptors (Lipinski definition) is 3. The van der Waals surface area contributed by atoms with Gasteiger partial charge in [0, 0.05) is 41.9 Å². The fourth-order valence-corrected chi connectivity index (χ4v) is 4.77. The van der Waals surface area contributed by atoms with E-state index >= 15 is 0 Å². The van der Waals surface area contributed by atoms with Crippen molar-refractivity contribution < 1.29 is 18.7 Å². The number of nitrogens with one attached hydrogen (secondary N) is 2. The molecule has 172 valence electrons. The highest BCUT2D eigenvalue weighted by Crippen LogP contribution is 2.45. The molecule has 1 aliphatic heterocycles. The van der Waals surface area contributed by atoms with Crippen LogP contribution in [0.3, 0.4) is 0 Å². The Morgan fingerprint density at radius 2 is 1.76 bits per heavy atom. The molecule has 2 unspecified atom stereocenters. The Labute approximate surface area is 196 Å². The van der Waals surface area contributed by atoms with Crippen LogP contribution in [-0.4, -0.2) is 42.0 Å². The Morgan fingerprint density at radius 3 is 2.59 bits per heavy atom. The lowest BCUT2D eigenvalue weighted by Crippen LogP contribution is -2.47. The third kappa shape index (κ3) is 3.74. The normalized spacial score (nSPS) is 17.6. The smallest absolute Gasteiger partial charge is 0.254 e. The zero-order chi connectivity index (χ0) is 23.7. The minimum Gasteiger partial charge on any atom is -0.383 e. The number of benzene rings is 3. The molecule has 1 aliphatic rings. The van der Waals surface area contributed by atoms with Crippen LogP contribution >= 0.6 is 0 Å². The average Bonchev–Trinajstić information content (AvgIpc) is 3.28. The summed E-state index contributed by atoms with van der Waals surface area (Å²) < 4.78 is 19.7. The second-order valence-electron chi connectivity index (χ2n) is 8.26. The van der Waals surface area contributed by atoms with Crippen LogP contribution in [0.5, 0.6) is 0 Å². The molecule has 7 heteroatoms. The summed E-state index contributed by atoms with van der Waals surface area (Å²) in [5.74, 6) is -1.83. The van der Waals surface area contributed by atoms with E-state index in [4.69, 9.17) is 4.74 Å². The van der Waals surface area contributed by atoms with Crippen LogP contribution in [0.25, 0.3) is 10.9 Å². The van der Waals surface area contributed by atoms with E-state index in [0.29, 0.717) is 24.3 Å². The van der Waals surface area contributed by atoms with E-state index in [1.807, 2.05) is 36.5 Å². The van der Waals surface area contributed by atoms with Crippen molar-refractivity contribution in [3.8, 4) is 0 Å². The van der Waals surface area contributed by atoms with Gasteiger partial charge in [-0.3, -0.25) is 9.59 Å². The number of aromatic nitrogens is 1. The van der Waals surface area contributed by atoms with Gasteiger partial charge in [0.1, 0.15) is 5.82 Å². The van der Waals surface area contributed by atoms with Gasteiger partial charge >= 0.3 is 0 Å². The highest BCUT2D eigenvalue weighted by molar-refractivity contribution is 6.05. The third-order valence-electron chi connectivity index (χ3n) is 6.33. The van der Waals surface area contributed by atoms with Gasteiger partial charge in [-0.15, -0.1) is 0 Å². The third-order valence-corrected chi connectivity index (χ3v) is 6.33. The molecule has 1 aromatic heterocycles. The summed E-state index contributed by atoms with van der Waals surface area (Å²) in [6.45, 7) is 0.617. The van der Waals surface area contributed by atoms with E-state index in [9.17, 15) is 14.0 Å². The van der Waals surface area contributed by atoms with Gasteiger partial charge in [-0.2, -0.15) is 0 Å². The lowest BCUT2D eigenvalue weighted by molar-refractivity contribution is -0.119. The Morgan fingerprint density at radius 1 is 1.03 bits per heavy atom. The number of methoxy groups -OCH3 is 1. The molecule has 0 aliphatic carbocycles. The first kappa shape index (κ1) is 21.9. The quantitative estimate of drug-likeness (QED) is 0.434. The standard InChI is InChI=1S/C27H24FN3O3/c1-34-15-14-31-25(20-16-29-22-12-6-4-8-17(20)22)24(18-9-2-3-10-19(18)27(31)33)26(32)30-23-13-7-5-11-21(23)28/h2-13,16,24-25,29H,14-15H2,1H3,(H,30,32). The van der Waals surface area contributed by atoms with E-state index in [0.717, 1.165) is 16.5 Å². The number of aromatic amines is 1. The van der Waals surface area contributed by atoms with Crippen LogP contribution in [0.1, 0.15) is 33.4 Å². The topological polar surface area (TPSA) is 74.4 Å². The van der Waals surface area contributed by atoms with Crippen molar-refractivity contribution in [2.45, 2.75) is 12.0 Å². The van der Waals surface area contributed by atoms with Gasteiger partial charge in [0.25, 0.3) is 5.91 Å². The highest BCUT2D eigenvalue weighted by atomic mass is 19.1. The number of rotatable bonds is 6. The van der Waals surface area contributed by atoms with Gasteiger partial charge in [0.15, 0.2) is 0 Å². The Kier molecular flexibility index (Phi) is 5.86. The molecule has 2 N–H and O–H groups in total. The number of nitrogens with zero attached hydrogens (tertiary/aromatic N) is 1. The van der Waals surface area contributed by atoms with Crippen LogP contribution < -0.4 is 5.32 Å². The van der Waals surface area contributed by atoms with E-state index in [1.165, 1.54) is 12.1 Å². The summed E-state index contributed by atoms with van der Waals surface area (Å²) in [5.41, 5.74) is 2.91. The first-order valence-corrected chi connectivity index (χ1v) is 11.1. The predicted molar refractivity (Wildman–Crippen MR) is 128 cm³/mol. The van der Waals surface area contributed by atoms with Gasteiger partial charge in [-0.1, -0.05) is 48.5 Å².